The number of aromatic nitrogens is 2. The van der Waals surface area contributed by atoms with Crippen LogP contribution in [0.1, 0.15) is 27.8 Å². The number of aromatic amines is 1. The first-order valence-corrected chi connectivity index (χ1v) is 9.62. The summed E-state index contributed by atoms with van der Waals surface area (Å²) in [6.07, 6.45) is 0.511. The van der Waals surface area contributed by atoms with Crippen molar-refractivity contribution in [2.45, 2.75) is 12.5 Å². The number of nitro benzene ring substituents is 1. The van der Waals surface area contributed by atoms with E-state index in [0.717, 1.165) is 16.6 Å². The van der Waals surface area contributed by atoms with Gasteiger partial charge in [-0.05, 0) is 30.2 Å². The van der Waals surface area contributed by atoms with Gasteiger partial charge >= 0.3 is 0 Å². The number of carbonyl (C=O) groups is 1. The second-order valence-electron chi connectivity index (χ2n) is 6.78. The molecular weight excluding hydrogens is 404 g/mol. The number of benzene rings is 3. The Morgan fingerprint density at radius 2 is 1.83 bits per heavy atom. The first-order valence-electron chi connectivity index (χ1n) is 9.24. The van der Waals surface area contributed by atoms with Gasteiger partial charge in [0, 0.05) is 12.1 Å². The van der Waals surface area contributed by atoms with Crippen LogP contribution in [0.5, 0.6) is 0 Å². The van der Waals surface area contributed by atoms with E-state index in [-0.39, 0.29) is 16.3 Å². The summed E-state index contributed by atoms with van der Waals surface area (Å²) in [4.78, 5) is 31.2. The van der Waals surface area contributed by atoms with E-state index >= 15 is 0 Å². The minimum atomic E-state index is -0.555. The van der Waals surface area contributed by atoms with Gasteiger partial charge in [-0.25, -0.2) is 4.98 Å². The van der Waals surface area contributed by atoms with Gasteiger partial charge in [-0.1, -0.05) is 54.1 Å². The maximum atomic E-state index is 12.9. The monoisotopic (exact) mass is 420 g/mol. The van der Waals surface area contributed by atoms with Gasteiger partial charge in [-0.15, -0.1) is 0 Å². The molecule has 0 saturated carbocycles. The van der Waals surface area contributed by atoms with E-state index in [1.54, 1.807) is 0 Å². The maximum Gasteiger partial charge on any atom is 0.270 e. The number of nitrogens with one attached hydrogen (secondary N) is 2. The molecular formula is C22H17ClN4O3. The van der Waals surface area contributed by atoms with Crippen LogP contribution in [0, 0.1) is 10.1 Å². The number of amides is 1. The molecule has 1 unspecified atom stereocenters. The molecule has 4 aromatic rings. The van der Waals surface area contributed by atoms with Crippen LogP contribution >= 0.6 is 11.6 Å². The number of halogens is 1. The Morgan fingerprint density at radius 1 is 1.10 bits per heavy atom. The highest BCUT2D eigenvalue weighted by atomic mass is 35.5. The predicted octanol–water partition coefficient (Wildman–Crippen LogP) is 4.84. The second-order valence-corrected chi connectivity index (χ2v) is 7.18. The molecule has 2 N–H and O–H groups in total. The molecule has 1 atom stereocenters. The van der Waals surface area contributed by atoms with E-state index < -0.39 is 16.9 Å². The lowest BCUT2D eigenvalue weighted by Crippen LogP contribution is -2.31. The van der Waals surface area contributed by atoms with E-state index in [4.69, 9.17) is 11.6 Å². The molecule has 7 nitrogen and oxygen atoms in total. The quantitative estimate of drug-likeness (QED) is 0.344. The van der Waals surface area contributed by atoms with Gasteiger partial charge in [0.25, 0.3) is 11.6 Å². The first kappa shape index (κ1) is 19.6. The molecule has 30 heavy (non-hydrogen) atoms. The van der Waals surface area contributed by atoms with Gasteiger partial charge < -0.3 is 10.3 Å². The number of rotatable bonds is 6. The Labute approximate surface area is 176 Å². The van der Waals surface area contributed by atoms with Crippen LogP contribution in [-0.2, 0) is 6.42 Å². The van der Waals surface area contributed by atoms with Crippen LogP contribution in [0.3, 0.4) is 0 Å². The van der Waals surface area contributed by atoms with Crippen LogP contribution in [0.25, 0.3) is 11.0 Å². The van der Waals surface area contributed by atoms with Crippen molar-refractivity contribution in [1.29, 1.82) is 0 Å². The number of carbonyl (C=O) groups excluding carboxylic acids is 1. The molecule has 0 aliphatic rings. The molecule has 3 aromatic carbocycles. The number of fused-ring (bicyclic) bond motifs is 1. The third-order valence-corrected chi connectivity index (χ3v) is 5.05. The fourth-order valence-electron chi connectivity index (χ4n) is 3.24. The zero-order valence-corrected chi connectivity index (χ0v) is 16.5. The summed E-state index contributed by atoms with van der Waals surface area (Å²) in [7, 11) is 0. The third-order valence-electron chi connectivity index (χ3n) is 4.73. The molecule has 0 spiro atoms. The molecule has 8 heteroatoms. The van der Waals surface area contributed by atoms with Crippen LogP contribution in [0.4, 0.5) is 5.69 Å². The summed E-state index contributed by atoms with van der Waals surface area (Å²) in [5.41, 5.74) is 2.69. The fraction of sp³-hybridized carbons (Fsp3) is 0.0909. The van der Waals surface area contributed by atoms with E-state index in [0.29, 0.717) is 12.2 Å². The number of H-pyrrole nitrogens is 1. The normalized spacial score (nSPS) is 11.9. The zero-order chi connectivity index (χ0) is 21.1. The Morgan fingerprint density at radius 3 is 2.53 bits per heavy atom. The number of nitrogens with zero attached hydrogens (tertiary/aromatic N) is 2. The van der Waals surface area contributed by atoms with Crippen LogP contribution in [-0.4, -0.2) is 20.8 Å². The van der Waals surface area contributed by atoms with Crippen molar-refractivity contribution in [2.24, 2.45) is 0 Å². The van der Waals surface area contributed by atoms with Gasteiger partial charge in [0.2, 0.25) is 0 Å². The Bertz CT molecular complexity index is 1190. The van der Waals surface area contributed by atoms with Crippen molar-refractivity contribution in [2.75, 3.05) is 0 Å². The standard InChI is InChI=1S/C22H17ClN4O3/c23-17-13-15(27(29)30)10-11-16(17)22(28)26-20(12-14-6-2-1-3-7-14)21-24-18-8-4-5-9-19(18)25-21/h1-11,13,20H,12H2,(H,24,25)(H,26,28). The van der Waals surface area contributed by atoms with Crippen LogP contribution in [0.2, 0.25) is 5.02 Å². The third kappa shape index (κ3) is 4.16. The number of hydrogen-bond acceptors (Lipinski definition) is 4. The van der Waals surface area contributed by atoms with Gasteiger partial charge in [0.1, 0.15) is 5.82 Å². The van der Waals surface area contributed by atoms with Crippen molar-refractivity contribution < 1.29 is 9.72 Å². The van der Waals surface area contributed by atoms with Crippen molar-refractivity contribution >= 4 is 34.2 Å². The molecule has 0 radical (unpaired) electrons. The van der Waals surface area contributed by atoms with Crippen molar-refractivity contribution in [3.63, 3.8) is 0 Å². The Hall–Kier alpha value is -3.71. The largest absolute Gasteiger partial charge is 0.342 e. The molecule has 150 valence electrons. The highest BCUT2D eigenvalue weighted by Gasteiger charge is 2.22. The van der Waals surface area contributed by atoms with E-state index in [2.05, 4.69) is 15.3 Å². The lowest BCUT2D eigenvalue weighted by molar-refractivity contribution is -0.384. The molecule has 0 bridgehead atoms. The molecule has 1 heterocycles. The average Bonchev–Trinajstić information content (AvgIpc) is 3.18. The van der Waals surface area contributed by atoms with E-state index in [1.165, 1.54) is 18.2 Å². The van der Waals surface area contributed by atoms with E-state index in [9.17, 15) is 14.9 Å². The molecule has 0 saturated heterocycles. The van der Waals surface area contributed by atoms with Gasteiger partial charge in [0.05, 0.1) is 32.6 Å². The summed E-state index contributed by atoms with van der Waals surface area (Å²) in [6.45, 7) is 0. The average molecular weight is 421 g/mol. The molecule has 0 aliphatic heterocycles. The number of non-ortho nitro benzene ring substituents is 1. The Balaban J connectivity index is 1.65. The SMILES string of the molecule is O=C(NC(Cc1ccccc1)c1nc2ccccc2[nH]1)c1ccc([N+](=O)[O-])cc1Cl. The van der Waals surface area contributed by atoms with E-state index in [1.807, 2.05) is 54.6 Å². The summed E-state index contributed by atoms with van der Waals surface area (Å²) in [6, 6.07) is 20.7. The second kappa shape index (κ2) is 8.34. The molecule has 0 aliphatic carbocycles. The lowest BCUT2D eigenvalue weighted by Gasteiger charge is -2.17. The summed E-state index contributed by atoms with van der Waals surface area (Å²) in [5.74, 6) is 0.183. The zero-order valence-electron chi connectivity index (χ0n) is 15.7. The highest BCUT2D eigenvalue weighted by molar-refractivity contribution is 6.34. The molecule has 1 amide bonds. The summed E-state index contributed by atoms with van der Waals surface area (Å²) in [5, 5.41) is 13.9. The van der Waals surface area contributed by atoms with Crippen LogP contribution < -0.4 is 5.32 Å². The number of imidazole rings is 1. The molecule has 1 aromatic heterocycles. The minimum Gasteiger partial charge on any atom is -0.342 e. The smallest absolute Gasteiger partial charge is 0.270 e. The number of nitro groups is 1. The summed E-state index contributed by atoms with van der Waals surface area (Å²) >= 11 is 6.13. The predicted molar refractivity (Wildman–Crippen MR) is 115 cm³/mol. The highest BCUT2D eigenvalue weighted by Crippen LogP contribution is 2.25. The lowest BCUT2D eigenvalue weighted by atomic mass is 10.0. The first-order chi connectivity index (χ1) is 14.5. The number of hydrogen-bond donors (Lipinski definition) is 2. The Kier molecular flexibility index (Phi) is 5.45. The van der Waals surface area contributed by atoms with Crippen molar-refractivity contribution in [3.05, 3.63) is 105 Å². The minimum absolute atomic E-state index is 0.0183. The maximum absolute atomic E-state index is 12.9. The van der Waals surface area contributed by atoms with Crippen LogP contribution in [0.15, 0.2) is 72.8 Å². The van der Waals surface area contributed by atoms with Crippen molar-refractivity contribution in [3.8, 4) is 0 Å². The van der Waals surface area contributed by atoms with Gasteiger partial charge in [-0.2, -0.15) is 0 Å². The van der Waals surface area contributed by atoms with Gasteiger partial charge in [0.15, 0.2) is 0 Å². The number of para-hydroxylation sites is 2. The van der Waals surface area contributed by atoms with Gasteiger partial charge in [-0.3, -0.25) is 14.9 Å². The fourth-order valence-corrected chi connectivity index (χ4v) is 3.50. The molecule has 0 fully saturated rings. The van der Waals surface area contributed by atoms with Crippen molar-refractivity contribution in [1.82, 2.24) is 15.3 Å². The molecule has 4 rings (SSSR count). The summed E-state index contributed by atoms with van der Waals surface area (Å²) < 4.78 is 0. The topological polar surface area (TPSA) is 101 Å².